The molecule has 0 fully saturated rings. The minimum Gasteiger partial charge on any atom is -0.361 e. The number of alkyl halides is 3. The highest BCUT2D eigenvalue weighted by atomic mass is 35.5. The van der Waals surface area contributed by atoms with E-state index in [1.807, 2.05) is 0 Å². The minimum absolute atomic E-state index is 0.173. The molecule has 1 aromatic heterocycles. The Bertz CT molecular complexity index is 273. The Hall–Kier alpha value is -0.490. The molecule has 0 unspecified atom stereocenters. The molecule has 0 aliphatic rings. The average Bonchev–Trinajstić information content (AvgIpc) is 2.33. The number of halogens is 4. The van der Waals surface area contributed by atoms with Crippen LogP contribution in [-0.4, -0.2) is 17.7 Å². The van der Waals surface area contributed by atoms with E-state index in [1.165, 1.54) is 11.3 Å². The summed E-state index contributed by atoms with van der Waals surface area (Å²) >= 11 is 6.64. The SMILES string of the molecule is FC(F)(F)CCNc1nc(Cl)cs1. The number of rotatable bonds is 3. The highest BCUT2D eigenvalue weighted by molar-refractivity contribution is 7.14. The summed E-state index contributed by atoms with van der Waals surface area (Å²) < 4.78 is 35.0. The molecular formula is C6H6ClF3N2S. The summed E-state index contributed by atoms with van der Waals surface area (Å²) in [6.45, 7) is -0.173. The highest BCUT2D eigenvalue weighted by Gasteiger charge is 2.26. The van der Waals surface area contributed by atoms with Gasteiger partial charge in [-0.15, -0.1) is 11.3 Å². The van der Waals surface area contributed by atoms with Gasteiger partial charge in [0.15, 0.2) is 5.13 Å². The average molecular weight is 231 g/mol. The van der Waals surface area contributed by atoms with E-state index in [0.717, 1.165) is 0 Å². The van der Waals surface area contributed by atoms with Crippen molar-refractivity contribution in [2.24, 2.45) is 0 Å². The van der Waals surface area contributed by atoms with E-state index in [1.54, 1.807) is 5.38 Å². The Morgan fingerprint density at radius 2 is 2.23 bits per heavy atom. The van der Waals surface area contributed by atoms with Crippen molar-refractivity contribution in [3.05, 3.63) is 10.5 Å². The Balaban J connectivity index is 2.28. The van der Waals surface area contributed by atoms with Crippen molar-refractivity contribution in [2.45, 2.75) is 12.6 Å². The normalized spacial score (nSPS) is 11.7. The fourth-order valence-corrected chi connectivity index (χ4v) is 1.51. The van der Waals surface area contributed by atoms with Crippen molar-refractivity contribution in [3.8, 4) is 0 Å². The lowest BCUT2D eigenvalue weighted by Gasteiger charge is -2.05. The first-order valence-electron chi connectivity index (χ1n) is 3.39. The van der Waals surface area contributed by atoms with Gasteiger partial charge >= 0.3 is 6.18 Å². The van der Waals surface area contributed by atoms with Gasteiger partial charge in [-0.3, -0.25) is 0 Å². The standard InChI is InChI=1S/C6H6ClF3N2S/c7-4-3-13-5(12-4)11-2-1-6(8,9)10/h3H,1-2H2,(H,11,12). The number of thiazole rings is 1. The van der Waals surface area contributed by atoms with Gasteiger partial charge < -0.3 is 5.32 Å². The molecule has 0 aliphatic carbocycles. The van der Waals surface area contributed by atoms with Crippen molar-refractivity contribution in [2.75, 3.05) is 11.9 Å². The van der Waals surface area contributed by atoms with Crippen LogP contribution in [0.2, 0.25) is 5.15 Å². The molecule has 0 saturated carbocycles. The third-order valence-corrected chi connectivity index (χ3v) is 2.28. The monoisotopic (exact) mass is 230 g/mol. The van der Waals surface area contributed by atoms with E-state index >= 15 is 0 Å². The first kappa shape index (κ1) is 10.6. The van der Waals surface area contributed by atoms with E-state index in [9.17, 15) is 13.2 Å². The number of anilines is 1. The Morgan fingerprint density at radius 1 is 1.54 bits per heavy atom. The second-order valence-electron chi connectivity index (χ2n) is 2.27. The van der Waals surface area contributed by atoms with Gasteiger partial charge in [-0.25, -0.2) is 4.98 Å². The summed E-state index contributed by atoms with van der Waals surface area (Å²) in [7, 11) is 0. The Kier molecular flexibility index (Phi) is 3.38. The molecule has 0 amide bonds. The minimum atomic E-state index is -4.13. The van der Waals surface area contributed by atoms with Crippen LogP contribution >= 0.6 is 22.9 Å². The molecule has 0 atom stereocenters. The van der Waals surface area contributed by atoms with Gasteiger partial charge in [0.25, 0.3) is 0 Å². The summed E-state index contributed by atoms with van der Waals surface area (Å²) in [5.41, 5.74) is 0. The van der Waals surface area contributed by atoms with Gasteiger partial charge in [-0.05, 0) is 0 Å². The second kappa shape index (κ2) is 4.15. The molecule has 1 rings (SSSR count). The van der Waals surface area contributed by atoms with Crippen LogP contribution in [0.1, 0.15) is 6.42 Å². The van der Waals surface area contributed by atoms with Crippen molar-refractivity contribution < 1.29 is 13.2 Å². The predicted octanol–water partition coefficient (Wildman–Crippen LogP) is 3.16. The summed E-state index contributed by atoms with van der Waals surface area (Å²) in [4.78, 5) is 3.74. The molecule has 2 nitrogen and oxygen atoms in total. The fraction of sp³-hybridized carbons (Fsp3) is 0.500. The lowest BCUT2D eigenvalue weighted by Crippen LogP contribution is -2.14. The molecule has 0 radical (unpaired) electrons. The topological polar surface area (TPSA) is 24.9 Å². The molecule has 1 heterocycles. The number of aromatic nitrogens is 1. The predicted molar refractivity (Wildman–Crippen MR) is 46.3 cm³/mol. The lowest BCUT2D eigenvalue weighted by molar-refractivity contribution is -0.131. The number of hydrogen-bond acceptors (Lipinski definition) is 3. The van der Waals surface area contributed by atoms with Crippen molar-refractivity contribution in [3.63, 3.8) is 0 Å². The van der Waals surface area contributed by atoms with Gasteiger partial charge in [0, 0.05) is 11.9 Å². The molecule has 7 heteroatoms. The molecule has 0 bridgehead atoms. The molecule has 1 N–H and O–H groups in total. The van der Waals surface area contributed by atoms with Crippen LogP contribution in [-0.2, 0) is 0 Å². The van der Waals surface area contributed by atoms with Crippen LogP contribution in [0.4, 0.5) is 18.3 Å². The van der Waals surface area contributed by atoms with Gasteiger partial charge in [-0.1, -0.05) is 11.6 Å². The highest BCUT2D eigenvalue weighted by Crippen LogP contribution is 2.22. The first-order valence-corrected chi connectivity index (χ1v) is 4.65. The molecule has 74 valence electrons. The van der Waals surface area contributed by atoms with Gasteiger partial charge in [-0.2, -0.15) is 13.2 Å². The van der Waals surface area contributed by atoms with E-state index in [2.05, 4.69) is 10.3 Å². The lowest BCUT2D eigenvalue weighted by atomic mass is 10.4. The first-order chi connectivity index (χ1) is 5.97. The zero-order valence-corrected chi connectivity index (χ0v) is 7.93. The maximum absolute atomic E-state index is 11.7. The van der Waals surface area contributed by atoms with Crippen LogP contribution in [0.5, 0.6) is 0 Å². The Labute approximate surface area is 81.7 Å². The fourth-order valence-electron chi connectivity index (χ4n) is 0.647. The smallest absolute Gasteiger partial charge is 0.361 e. The van der Waals surface area contributed by atoms with Gasteiger partial charge in [0.2, 0.25) is 0 Å². The third-order valence-electron chi connectivity index (χ3n) is 1.16. The molecule has 13 heavy (non-hydrogen) atoms. The summed E-state index contributed by atoms with van der Waals surface area (Å²) in [6, 6.07) is 0. The summed E-state index contributed by atoms with van der Waals surface area (Å²) in [5.74, 6) is 0. The summed E-state index contributed by atoms with van der Waals surface area (Å²) in [6.07, 6.45) is -5.00. The number of hydrogen-bond donors (Lipinski definition) is 1. The quantitative estimate of drug-likeness (QED) is 0.863. The molecular weight excluding hydrogens is 225 g/mol. The van der Waals surface area contributed by atoms with E-state index in [-0.39, 0.29) is 6.54 Å². The van der Waals surface area contributed by atoms with Gasteiger partial charge in [0.1, 0.15) is 5.15 Å². The van der Waals surface area contributed by atoms with E-state index in [4.69, 9.17) is 11.6 Å². The van der Waals surface area contributed by atoms with Crippen LogP contribution < -0.4 is 5.32 Å². The third kappa shape index (κ3) is 4.33. The maximum atomic E-state index is 11.7. The molecule has 1 aromatic rings. The molecule has 0 spiro atoms. The zero-order chi connectivity index (χ0) is 9.90. The van der Waals surface area contributed by atoms with Crippen LogP contribution in [0.25, 0.3) is 0 Å². The van der Waals surface area contributed by atoms with E-state index in [0.29, 0.717) is 10.3 Å². The van der Waals surface area contributed by atoms with Crippen LogP contribution in [0, 0.1) is 0 Å². The largest absolute Gasteiger partial charge is 0.390 e. The van der Waals surface area contributed by atoms with E-state index < -0.39 is 12.6 Å². The molecule has 0 saturated heterocycles. The van der Waals surface area contributed by atoms with Crippen LogP contribution in [0.3, 0.4) is 0 Å². The zero-order valence-electron chi connectivity index (χ0n) is 6.36. The van der Waals surface area contributed by atoms with Crippen molar-refractivity contribution in [1.82, 2.24) is 4.98 Å². The molecule has 0 aromatic carbocycles. The number of nitrogens with one attached hydrogen (secondary N) is 1. The van der Waals surface area contributed by atoms with Crippen molar-refractivity contribution in [1.29, 1.82) is 0 Å². The van der Waals surface area contributed by atoms with Crippen LogP contribution in [0.15, 0.2) is 5.38 Å². The number of nitrogens with zero attached hydrogens (tertiary/aromatic N) is 1. The Morgan fingerprint density at radius 3 is 2.69 bits per heavy atom. The van der Waals surface area contributed by atoms with Crippen molar-refractivity contribution >= 4 is 28.1 Å². The second-order valence-corrected chi connectivity index (χ2v) is 3.51. The molecule has 0 aliphatic heterocycles. The van der Waals surface area contributed by atoms with Gasteiger partial charge in [0.05, 0.1) is 6.42 Å². The maximum Gasteiger partial charge on any atom is 0.390 e. The summed E-state index contributed by atoms with van der Waals surface area (Å²) in [5, 5.41) is 4.78.